The summed E-state index contributed by atoms with van der Waals surface area (Å²) < 4.78 is 16.2. The summed E-state index contributed by atoms with van der Waals surface area (Å²) in [5.74, 6) is -1.81. The van der Waals surface area contributed by atoms with E-state index in [0.717, 1.165) is 6.07 Å². The van der Waals surface area contributed by atoms with Gasteiger partial charge in [0.15, 0.2) is 22.4 Å². The fourth-order valence-corrected chi connectivity index (χ4v) is 3.85. The van der Waals surface area contributed by atoms with E-state index in [4.69, 9.17) is 5.73 Å². The summed E-state index contributed by atoms with van der Waals surface area (Å²) in [5, 5.41) is 11.4. The highest BCUT2D eigenvalue weighted by Crippen LogP contribution is 2.27. The molecule has 0 spiro atoms. The molecule has 3 aromatic rings. The molecule has 1 aliphatic rings. The Hall–Kier alpha value is -2.85. The van der Waals surface area contributed by atoms with Crippen LogP contribution in [0.3, 0.4) is 0 Å². The number of nitrogens with two attached hydrogens (primary N) is 1. The molecule has 10 heteroatoms. The van der Waals surface area contributed by atoms with Gasteiger partial charge in [0, 0.05) is 36.9 Å². The lowest BCUT2D eigenvalue weighted by Crippen LogP contribution is -2.29. The predicted octanol–water partition coefficient (Wildman–Crippen LogP) is 1.46. The summed E-state index contributed by atoms with van der Waals surface area (Å²) in [6, 6.07) is 0.947. The third-order valence-electron chi connectivity index (χ3n) is 4.74. The maximum Gasteiger partial charge on any atom is 0.341 e. The number of thiazole rings is 1. The van der Waals surface area contributed by atoms with Gasteiger partial charge in [-0.05, 0) is 12.0 Å². The summed E-state index contributed by atoms with van der Waals surface area (Å²) in [6.45, 7) is 2.98. The van der Waals surface area contributed by atoms with E-state index in [1.165, 1.54) is 22.1 Å². The van der Waals surface area contributed by atoms with Crippen LogP contribution in [0.15, 0.2) is 28.6 Å². The zero-order valence-corrected chi connectivity index (χ0v) is 15.1. The molecule has 0 bridgehead atoms. The first-order chi connectivity index (χ1) is 12.9. The van der Waals surface area contributed by atoms with E-state index in [1.807, 2.05) is 6.92 Å². The maximum atomic E-state index is 14.8. The number of carboxylic acids is 1. The Labute approximate surface area is 156 Å². The lowest BCUT2D eigenvalue weighted by atomic mass is 10.1. The standard InChI is InChI=1S/C17H16FN5O3S/c1-8-5-22(7-12(8)19)15-11(18)4-9-13(24)10(16(25)26)6-23(14(9)21-15)17-20-2-3-27-17/h2-4,6,8,12H,5,7,19H2,1H3,(H,25,26). The Morgan fingerprint density at radius 2 is 2.22 bits per heavy atom. The first-order valence-corrected chi connectivity index (χ1v) is 9.14. The van der Waals surface area contributed by atoms with E-state index in [0.29, 0.717) is 18.2 Å². The van der Waals surface area contributed by atoms with E-state index >= 15 is 0 Å². The summed E-state index contributed by atoms with van der Waals surface area (Å²) in [7, 11) is 0. The van der Waals surface area contributed by atoms with Gasteiger partial charge >= 0.3 is 5.97 Å². The van der Waals surface area contributed by atoms with Gasteiger partial charge < -0.3 is 15.7 Å². The van der Waals surface area contributed by atoms with E-state index in [1.54, 1.807) is 16.5 Å². The second-order valence-corrected chi connectivity index (χ2v) is 7.45. The number of pyridine rings is 2. The number of carbonyl (C=O) groups is 1. The number of carboxylic acid groups (broad SMARTS) is 1. The topological polar surface area (TPSA) is 114 Å². The quantitative estimate of drug-likeness (QED) is 0.697. The second kappa shape index (κ2) is 6.39. The van der Waals surface area contributed by atoms with Gasteiger partial charge in [0.2, 0.25) is 5.43 Å². The molecule has 8 nitrogen and oxygen atoms in total. The van der Waals surface area contributed by atoms with Crippen LogP contribution in [-0.2, 0) is 0 Å². The number of fused-ring (bicyclic) bond motifs is 1. The number of hydrogen-bond acceptors (Lipinski definition) is 7. The lowest BCUT2D eigenvalue weighted by molar-refractivity contribution is 0.0695. The first-order valence-electron chi connectivity index (χ1n) is 8.26. The molecule has 3 aromatic heterocycles. The third kappa shape index (κ3) is 2.86. The normalized spacial score (nSPS) is 19.7. The number of aromatic carboxylic acids is 1. The fourth-order valence-electron chi connectivity index (χ4n) is 3.23. The van der Waals surface area contributed by atoms with Crippen LogP contribution in [0.5, 0.6) is 0 Å². The van der Waals surface area contributed by atoms with Gasteiger partial charge in [-0.1, -0.05) is 6.92 Å². The van der Waals surface area contributed by atoms with Gasteiger partial charge in [0.1, 0.15) is 5.56 Å². The molecule has 4 rings (SSSR count). The monoisotopic (exact) mass is 389 g/mol. The van der Waals surface area contributed by atoms with E-state index < -0.39 is 22.8 Å². The molecule has 4 heterocycles. The third-order valence-corrected chi connectivity index (χ3v) is 5.51. The van der Waals surface area contributed by atoms with Gasteiger partial charge in [-0.25, -0.2) is 19.2 Å². The van der Waals surface area contributed by atoms with Crippen molar-refractivity contribution in [3.8, 4) is 5.13 Å². The van der Waals surface area contributed by atoms with E-state index in [9.17, 15) is 19.1 Å². The fraction of sp³-hybridized carbons (Fsp3) is 0.294. The van der Waals surface area contributed by atoms with Gasteiger partial charge in [0.05, 0.1) is 5.39 Å². The molecular formula is C17H16FN5O3S. The van der Waals surface area contributed by atoms with Crippen molar-refractivity contribution in [2.45, 2.75) is 13.0 Å². The molecule has 0 saturated carbocycles. The maximum absolute atomic E-state index is 14.8. The molecule has 27 heavy (non-hydrogen) atoms. The van der Waals surface area contributed by atoms with Gasteiger partial charge in [-0.15, -0.1) is 11.3 Å². The number of halogens is 1. The summed E-state index contributed by atoms with van der Waals surface area (Å²) in [4.78, 5) is 34.3. The summed E-state index contributed by atoms with van der Waals surface area (Å²) >= 11 is 1.25. The summed E-state index contributed by atoms with van der Waals surface area (Å²) in [5.41, 5.74) is 4.94. The van der Waals surface area contributed by atoms with Crippen LogP contribution in [0.1, 0.15) is 17.3 Å². The molecule has 2 atom stereocenters. The number of anilines is 1. The van der Waals surface area contributed by atoms with Crippen molar-refractivity contribution in [1.29, 1.82) is 0 Å². The highest BCUT2D eigenvalue weighted by atomic mass is 32.1. The van der Waals surface area contributed by atoms with Crippen LogP contribution in [0, 0.1) is 11.7 Å². The van der Waals surface area contributed by atoms with Crippen LogP contribution >= 0.6 is 11.3 Å². The molecule has 0 aromatic carbocycles. The minimum atomic E-state index is -1.39. The van der Waals surface area contributed by atoms with Crippen molar-refractivity contribution >= 4 is 34.2 Å². The van der Waals surface area contributed by atoms with Crippen molar-refractivity contribution in [2.24, 2.45) is 11.7 Å². The second-order valence-electron chi connectivity index (χ2n) is 6.57. The zero-order valence-electron chi connectivity index (χ0n) is 14.3. The van der Waals surface area contributed by atoms with Crippen molar-refractivity contribution < 1.29 is 14.3 Å². The van der Waals surface area contributed by atoms with Crippen LogP contribution < -0.4 is 16.1 Å². The predicted molar refractivity (Wildman–Crippen MR) is 99.3 cm³/mol. The van der Waals surface area contributed by atoms with Crippen LogP contribution in [-0.4, -0.2) is 44.7 Å². The smallest absolute Gasteiger partial charge is 0.341 e. The minimum absolute atomic E-state index is 0.0927. The van der Waals surface area contributed by atoms with Gasteiger partial charge in [0.25, 0.3) is 0 Å². The van der Waals surface area contributed by atoms with Crippen LogP contribution in [0.2, 0.25) is 0 Å². The van der Waals surface area contributed by atoms with E-state index in [-0.39, 0.29) is 28.8 Å². The van der Waals surface area contributed by atoms with E-state index in [2.05, 4.69) is 9.97 Å². The number of nitrogens with zero attached hydrogens (tertiary/aromatic N) is 4. The largest absolute Gasteiger partial charge is 0.477 e. The Bertz CT molecular complexity index is 1090. The zero-order chi connectivity index (χ0) is 19.3. The molecule has 140 valence electrons. The molecule has 0 amide bonds. The SMILES string of the molecule is CC1CN(c2nc3c(cc2F)c(=O)c(C(=O)O)cn3-c2nccs2)CC1N. The van der Waals surface area contributed by atoms with Crippen molar-refractivity contribution in [1.82, 2.24) is 14.5 Å². The lowest BCUT2D eigenvalue weighted by Gasteiger charge is -2.19. The Balaban J connectivity index is 2.00. The number of rotatable bonds is 3. The molecule has 1 aliphatic heterocycles. The van der Waals surface area contributed by atoms with Crippen molar-refractivity contribution in [3.63, 3.8) is 0 Å². The first kappa shape index (κ1) is 17.6. The molecule has 3 N–H and O–H groups in total. The molecule has 1 saturated heterocycles. The molecule has 1 fully saturated rings. The number of hydrogen-bond donors (Lipinski definition) is 2. The Morgan fingerprint density at radius 3 is 2.81 bits per heavy atom. The molecule has 2 unspecified atom stereocenters. The van der Waals surface area contributed by atoms with Crippen molar-refractivity contribution in [2.75, 3.05) is 18.0 Å². The number of aromatic nitrogens is 3. The van der Waals surface area contributed by atoms with Gasteiger partial charge in [-0.3, -0.25) is 9.36 Å². The average Bonchev–Trinajstić information content (AvgIpc) is 3.25. The molecular weight excluding hydrogens is 373 g/mol. The Morgan fingerprint density at radius 1 is 1.44 bits per heavy atom. The molecule has 0 aliphatic carbocycles. The minimum Gasteiger partial charge on any atom is -0.477 e. The van der Waals surface area contributed by atoms with Crippen molar-refractivity contribution in [3.05, 3.63) is 45.4 Å². The highest BCUT2D eigenvalue weighted by Gasteiger charge is 2.30. The average molecular weight is 389 g/mol. The van der Waals surface area contributed by atoms with Crippen LogP contribution in [0.25, 0.3) is 16.2 Å². The van der Waals surface area contributed by atoms with Gasteiger partial charge in [-0.2, -0.15) is 0 Å². The Kier molecular flexibility index (Phi) is 4.16. The summed E-state index contributed by atoms with van der Waals surface area (Å²) in [6.07, 6.45) is 2.73. The van der Waals surface area contributed by atoms with Crippen LogP contribution in [0.4, 0.5) is 10.2 Å². The molecule has 0 radical (unpaired) electrons. The highest BCUT2D eigenvalue weighted by molar-refractivity contribution is 7.12.